The van der Waals surface area contributed by atoms with E-state index in [0.717, 1.165) is 0 Å². The van der Waals surface area contributed by atoms with Gasteiger partial charge in [0.05, 0.1) is 5.92 Å². The number of piperidine rings is 1. The summed E-state index contributed by atoms with van der Waals surface area (Å²) >= 11 is 1.17. The van der Waals surface area contributed by atoms with Crippen LogP contribution in [-0.2, 0) is 26.2 Å². The summed E-state index contributed by atoms with van der Waals surface area (Å²) in [5.41, 5.74) is 0. The lowest BCUT2D eigenvalue weighted by atomic mass is 10.0. The fourth-order valence-electron chi connectivity index (χ4n) is 2.54. The Morgan fingerprint density at radius 2 is 2.33 bits per heavy atom. The van der Waals surface area contributed by atoms with E-state index >= 15 is 0 Å². The largest absolute Gasteiger partial charge is 0.455 e. The van der Waals surface area contributed by atoms with Crippen molar-refractivity contribution >= 4 is 27.3 Å². The number of thiophene rings is 1. The number of nitrogens with zero attached hydrogens (tertiary/aromatic N) is 3. The Hall–Kier alpha value is -1.78. The second-order valence-corrected chi connectivity index (χ2v) is 8.57. The summed E-state index contributed by atoms with van der Waals surface area (Å²) in [6.45, 7) is 2.08. The molecule has 3 heterocycles. The highest BCUT2D eigenvalue weighted by Crippen LogP contribution is 2.27. The highest BCUT2D eigenvalue weighted by atomic mass is 32.2. The number of hydrogen-bond donors (Lipinski definition) is 0. The molecule has 0 saturated carbocycles. The lowest BCUT2D eigenvalue weighted by Crippen LogP contribution is -2.42. The van der Waals surface area contributed by atoms with E-state index in [-0.39, 0.29) is 23.3 Å². The van der Waals surface area contributed by atoms with Crippen molar-refractivity contribution in [1.82, 2.24) is 14.5 Å². The van der Waals surface area contributed by atoms with Crippen molar-refractivity contribution in [3.63, 3.8) is 0 Å². The van der Waals surface area contributed by atoms with Crippen LogP contribution in [0.25, 0.3) is 0 Å². The number of carbonyl (C=O) groups is 1. The SMILES string of the molecule is Cc1nnc(COC(=O)C2CCCN(S(=O)(=O)c3cccs3)C2)o1. The van der Waals surface area contributed by atoms with E-state index in [1.54, 1.807) is 24.4 Å². The molecule has 0 bridgehead atoms. The van der Waals surface area contributed by atoms with Gasteiger partial charge >= 0.3 is 5.97 Å². The van der Waals surface area contributed by atoms with Gasteiger partial charge in [0.1, 0.15) is 4.21 Å². The highest BCUT2D eigenvalue weighted by molar-refractivity contribution is 7.91. The molecule has 130 valence electrons. The van der Waals surface area contributed by atoms with Gasteiger partial charge in [0.25, 0.3) is 15.9 Å². The first-order valence-corrected chi connectivity index (χ1v) is 9.78. The zero-order chi connectivity index (χ0) is 17.2. The standard InChI is InChI=1S/C14H17N3O5S2/c1-10-15-16-12(22-10)9-21-14(18)11-4-2-6-17(8-11)24(19,20)13-5-3-7-23-13/h3,5,7,11H,2,4,6,8-9H2,1H3. The summed E-state index contributed by atoms with van der Waals surface area (Å²) in [7, 11) is -3.55. The van der Waals surface area contributed by atoms with E-state index < -0.39 is 21.9 Å². The van der Waals surface area contributed by atoms with Gasteiger partial charge in [0, 0.05) is 20.0 Å². The first-order chi connectivity index (χ1) is 11.5. The van der Waals surface area contributed by atoms with Crippen LogP contribution in [0.3, 0.4) is 0 Å². The van der Waals surface area contributed by atoms with Gasteiger partial charge in [-0.05, 0) is 24.3 Å². The molecule has 1 aliphatic heterocycles. The van der Waals surface area contributed by atoms with Crippen LogP contribution in [0.5, 0.6) is 0 Å². The molecule has 8 nitrogen and oxygen atoms in total. The monoisotopic (exact) mass is 371 g/mol. The van der Waals surface area contributed by atoms with Gasteiger partial charge < -0.3 is 9.15 Å². The van der Waals surface area contributed by atoms with Crippen molar-refractivity contribution in [2.24, 2.45) is 5.92 Å². The first-order valence-electron chi connectivity index (χ1n) is 7.46. The third-order valence-electron chi connectivity index (χ3n) is 3.71. The van der Waals surface area contributed by atoms with Crippen molar-refractivity contribution in [3.05, 3.63) is 29.3 Å². The third kappa shape index (κ3) is 3.65. The summed E-state index contributed by atoms with van der Waals surface area (Å²) in [5, 5.41) is 9.12. The van der Waals surface area contributed by atoms with Gasteiger partial charge in [-0.2, -0.15) is 4.31 Å². The van der Waals surface area contributed by atoms with E-state index in [0.29, 0.717) is 25.3 Å². The van der Waals surface area contributed by atoms with Crippen molar-refractivity contribution in [2.45, 2.75) is 30.6 Å². The fraction of sp³-hybridized carbons (Fsp3) is 0.500. The number of hydrogen-bond acceptors (Lipinski definition) is 8. The van der Waals surface area contributed by atoms with E-state index in [4.69, 9.17) is 9.15 Å². The topological polar surface area (TPSA) is 103 Å². The minimum atomic E-state index is -3.55. The van der Waals surface area contributed by atoms with Crippen molar-refractivity contribution in [3.8, 4) is 0 Å². The molecule has 24 heavy (non-hydrogen) atoms. The molecule has 0 spiro atoms. The van der Waals surface area contributed by atoms with E-state index in [2.05, 4.69) is 10.2 Å². The normalized spacial score (nSPS) is 19.3. The molecule has 0 aromatic carbocycles. The zero-order valence-electron chi connectivity index (χ0n) is 13.0. The maximum atomic E-state index is 12.5. The Balaban J connectivity index is 1.61. The minimum Gasteiger partial charge on any atom is -0.455 e. The molecule has 1 atom stereocenters. The molecule has 0 aliphatic carbocycles. The molecule has 1 unspecified atom stereocenters. The summed E-state index contributed by atoms with van der Waals surface area (Å²) in [6, 6.07) is 3.26. The summed E-state index contributed by atoms with van der Waals surface area (Å²) in [4.78, 5) is 12.2. The number of aromatic nitrogens is 2. The Bertz CT molecular complexity index is 800. The average Bonchev–Trinajstić information content (AvgIpc) is 3.24. The quantitative estimate of drug-likeness (QED) is 0.735. The molecular formula is C14H17N3O5S2. The van der Waals surface area contributed by atoms with Crippen LogP contribution in [0, 0.1) is 12.8 Å². The van der Waals surface area contributed by atoms with Crippen molar-refractivity contribution in [1.29, 1.82) is 0 Å². The fourth-order valence-corrected chi connectivity index (χ4v) is 5.21. The molecule has 10 heteroatoms. The van der Waals surface area contributed by atoms with E-state index in [9.17, 15) is 13.2 Å². The molecule has 1 saturated heterocycles. The predicted molar refractivity (Wildman–Crippen MR) is 84.6 cm³/mol. The lowest BCUT2D eigenvalue weighted by Gasteiger charge is -2.30. The highest BCUT2D eigenvalue weighted by Gasteiger charge is 2.34. The lowest BCUT2D eigenvalue weighted by molar-refractivity contribution is -0.151. The number of aryl methyl sites for hydroxylation is 1. The van der Waals surface area contributed by atoms with Crippen molar-refractivity contribution < 1.29 is 22.4 Å². The number of rotatable bonds is 5. The van der Waals surface area contributed by atoms with Crippen molar-refractivity contribution in [2.75, 3.05) is 13.1 Å². The number of ether oxygens (including phenoxy) is 1. The number of esters is 1. The van der Waals surface area contributed by atoms with Gasteiger partial charge in [-0.3, -0.25) is 4.79 Å². The van der Waals surface area contributed by atoms with E-state index in [1.807, 2.05) is 0 Å². The smallest absolute Gasteiger partial charge is 0.310 e. The summed E-state index contributed by atoms with van der Waals surface area (Å²) in [6.07, 6.45) is 1.21. The molecule has 2 aromatic rings. The number of carbonyl (C=O) groups excluding carboxylic acids is 1. The molecule has 1 aliphatic rings. The van der Waals surface area contributed by atoms with Crippen LogP contribution in [0.1, 0.15) is 24.6 Å². The Kier molecular flexibility index (Phi) is 4.97. The molecule has 0 amide bonds. The van der Waals surface area contributed by atoms with Gasteiger partial charge in [-0.15, -0.1) is 21.5 Å². The Labute approximate surface area is 143 Å². The van der Waals surface area contributed by atoms with Crippen LogP contribution in [0.15, 0.2) is 26.1 Å². The Morgan fingerprint density at radius 3 is 3.00 bits per heavy atom. The average molecular weight is 371 g/mol. The third-order valence-corrected chi connectivity index (χ3v) is 6.95. The molecule has 1 fully saturated rings. The van der Waals surface area contributed by atoms with Crippen LogP contribution in [0.2, 0.25) is 0 Å². The predicted octanol–water partition coefficient (Wildman–Crippen LogP) is 1.58. The van der Waals surface area contributed by atoms with Gasteiger partial charge in [-0.1, -0.05) is 6.07 Å². The number of sulfonamides is 1. The molecule has 3 rings (SSSR count). The zero-order valence-corrected chi connectivity index (χ0v) is 14.7. The maximum Gasteiger partial charge on any atom is 0.310 e. The van der Waals surface area contributed by atoms with Gasteiger partial charge in [0.2, 0.25) is 5.89 Å². The second kappa shape index (κ2) is 6.99. The molecule has 0 radical (unpaired) electrons. The van der Waals surface area contributed by atoms with E-state index in [1.165, 1.54) is 15.6 Å². The summed E-state index contributed by atoms with van der Waals surface area (Å²) in [5.74, 6) is -0.318. The van der Waals surface area contributed by atoms with Crippen LogP contribution < -0.4 is 0 Å². The van der Waals surface area contributed by atoms with Crippen LogP contribution >= 0.6 is 11.3 Å². The van der Waals surface area contributed by atoms with Gasteiger partial charge in [-0.25, -0.2) is 8.42 Å². The van der Waals surface area contributed by atoms with Crippen LogP contribution in [0.4, 0.5) is 0 Å². The molecule has 2 aromatic heterocycles. The second-order valence-electron chi connectivity index (χ2n) is 5.46. The maximum absolute atomic E-state index is 12.5. The first kappa shape index (κ1) is 17.1. The molecular weight excluding hydrogens is 354 g/mol. The van der Waals surface area contributed by atoms with Gasteiger partial charge in [0.15, 0.2) is 6.61 Å². The Morgan fingerprint density at radius 1 is 1.50 bits per heavy atom. The molecule has 0 N–H and O–H groups in total. The van der Waals surface area contributed by atoms with Crippen LogP contribution in [-0.4, -0.2) is 42.0 Å². The minimum absolute atomic E-state index is 0.103. The summed E-state index contributed by atoms with van der Waals surface area (Å²) < 4.78 is 37.1.